The third kappa shape index (κ3) is 4.34. The fourth-order valence-corrected chi connectivity index (χ4v) is 2.85. The third-order valence-corrected chi connectivity index (χ3v) is 3.84. The number of anilines is 1. The lowest BCUT2D eigenvalue weighted by molar-refractivity contribution is -0.115. The Morgan fingerprint density at radius 3 is 2.63 bits per heavy atom. The lowest BCUT2D eigenvalue weighted by atomic mass is 10.1. The Labute approximate surface area is 133 Å². The van der Waals surface area contributed by atoms with E-state index in [0.717, 1.165) is 14.5 Å². The van der Waals surface area contributed by atoms with Gasteiger partial charge in [0.05, 0.1) is 12.1 Å². The molecule has 0 aliphatic carbocycles. The summed E-state index contributed by atoms with van der Waals surface area (Å²) in [5.74, 6) is -0.0684. The van der Waals surface area contributed by atoms with Crippen molar-refractivity contribution in [2.45, 2.75) is 6.42 Å². The van der Waals surface area contributed by atoms with Gasteiger partial charge < -0.3 is 5.32 Å². The van der Waals surface area contributed by atoms with Crippen LogP contribution in [0.15, 0.2) is 51.4 Å². The van der Waals surface area contributed by atoms with Gasteiger partial charge in [-0.3, -0.25) is 4.79 Å². The SMILES string of the molecule is O=C(Cc1cccc(Br)c1)Nc1ccc(Cl)cc1Br. The Hall–Kier alpha value is -0.840. The van der Waals surface area contributed by atoms with Gasteiger partial charge in [-0.15, -0.1) is 0 Å². The first-order chi connectivity index (χ1) is 9.04. The molecule has 2 nitrogen and oxygen atoms in total. The molecule has 0 fully saturated rings. The number of rotatable bonds is 3. The number of carbonyl (C=O) groups is 1. The highest BCUT2D eigenvalue weighted by molar-refractivity contribution is 9.10. The van der Waals surface area contributed by atoms with E-state index in [4.69, 9.17) is 11.6 Å². The second kappa shape index (κ2) is 6.55. The first-order valence-corrected chi connectivity index (χ1v) is 7.50. The van der Waals surface area contributed by atoms with Gasteiger partial charge in [-0.25, -0.2) is 0 Å². The van der Waals surface area contributed by atoms with Crippen molar-refractivity contribution in [3.05, 3.63) is 62.0 Å². The molecule has 0 aliphatic heterocycles. The van der Waals surface area contributed by atoms with Gasteiger partial charge in [0.15, 0.2) is 0 Å². The number of carbonyl (C=O) groups excluding carboxylic acids is 1. The van der Waals surface area contributed by atoms with Crippen molar-refractivity contribution in [2.24, 2.45) is 0 Å². The van der Waals surface area contributed by atoms with Crippen LogP contribution in [0.1, 0.15) is 5.56 Å². The quantitative estimate of drug-likeness (QED) is 0.764. The summed E-state index contributed by atoms with van der Waals surface area (Å²) in [6.07, 6.45) is 0.328. The molecule has 2 aromatic rings. The van der Waals surface area contributed by atoms with Gasteiger partial charge in [-0.1, -0.05) is 39.7 Å². The van der Waals surface area contributed by atoms with Gasteiger partial charge in [0, 0.05) is 14.0 Å². The van der Waals surface area contributed by atoms with E-state index in [1.807, 2.05) is 24.3 Å². The van der Waals surface area contributed by atoms with Gasteiger partial charge in [0.2, 0.25) is 5.91 Å². The van der Waals surface area contributed by atoms with Crippen molar-refractivity contribution in [2.75, 3.05) is 5.32 Å². The Balaban J connectivity index is 2.05. The predicted molar refractivity (Wildman–Crippen MR) is 85.6 cm³/mol. The molecule has 0 unspecified atom stereocenters. The van der Waals surface area contributed by atoms with Crippen LogP contribution in [-0.4, -0.2) is 5.91 Å². The Kier molecular flexibility index (Phi) is 5.02. The van der Waals surface area contributed by atoms with Crippen LogP contribution in [0.3, 0.4) is 0 Å². The molecule has 0 aromatic heterocycles. The van der Waals surface area contributed by atoms with Crippen molar-refractivity contribution in [1.82, 2.24) is 0 Å². The van der Waals surface area contributed by atoms with E-state index >= 15 is 0 Å². The van der Waals surface area contributed by atoms with Crippen molar-refractivity contribution in [1.29, 1.82) is 0 Å². The molecule has 2 rings (SSSR count). The van der Waals surface area contributed by atoms with E-state index in [0.29, 0.717) is 17.1 Å². The summed E-state index contributed by atoms with van der Waals surface area (Å²) in [5, 5.41) is 3.47. The smallest absolute Gasteiger partial charge is 0.228 e. The molecule has 0 heterocycles. The number of nitrogens with one attached hydrogen (secondary N) is 1. The number of halogens is 3. The molecule has 1 amide bonds. The zero-order valence-corrected chi connectivity index (χ0v) is 13.7. The minimum atomic E-state index is -0.0684. The fraction of sp³-hybridized carbons (Fsp3) is 0.0714. The average molecular weight is 404 g/mol. The van der Waals surface area contributed by atoms with Crippen LogP contribution in [0.4, 0.5) is 5.69 Å². The third-order valence-electron chi connectivity index (χ3n) is 2.46. The summed E-state index contributed by atoms with van der Waals surface area (Å²) >= 11 is 12.6. The molecule has 2 aromatic carbocycles. The van der Waals surface area contributed by atoms with Crippen LogP contribution >= 0.6 is 43.5 Å². The summed E-state index contributed by atoms with van der Waals surface area (Å²) in [7, 11) is 0. The molecule has 0 radical (unpaired) electrons. The summed E-state index contributed by atoms with van der Waals surface area (Å²) in [5.41, 5.74) is 1.67. The van der Waals surface area contributed by atoms with E-state index < -0.39 is 0 Å². The van der Waals surface area contributed by atoms with Gasteiger partial charge >= 0.3 is 0 Å². The predicted octanol–water partition coefficient (Wildman–Crippen LogP) is 5.05. The maximum atomic E-state index is 12.0. The lowest BCUT2D eigenvalue weighted by Crippen LogP contribution is -2.14. The highest BCUT2D eigenvalue weighted by atomic mass is 79.9. The van der Waals surface area contributed by atoms with Crippen LogP contribution in [0.25, 0.3) is 0 Å². The lowest BCUT2D eigenvalue weighted by Gasteiger charge is -2.08. The van der Waals surface area contributed by atoms with Crippen molar-refractivity contribution < 1.29 is 4.79 Å². The van der Waals surface area contributed by atoms with E-state index in [9.17, 15) is 4.79 Å². The molecular formula is C14H10Br2ClNO. The Bertz CT molecular complexity index is 616. The number of hydrogen-bond acceptors (Lipinski definition) is 1. The summed E-state index contributed by atoms with van der Waals surface area (Å²) in [4.78, 5) is 12.0. The van der Waals surface area contributed by atoms with Crippen LogP contribution in [0.2, 0.25) is 5.02 Å². The van der Waals surface area contributed by atoms with E-state index in [-0.39, 0.29) is 5.91 Å². The number of hydrogen-bond donors (Lipinski definition) is 1. The molecule has 1 N–H and O–H groups in total. The normalized spacial score (nSPS) is 10.3. The highest BCUT2D eigenvalue weighted by Crippen LogP contribution is 2.26. The molecule has 0 saturated carbocycles. The molecule has 0 spiro atoms. The zero-order chi connectivity index (χ0) is 13.8. The average Bonchev–Trinajstić information content (AvgIpc) is 2.33. The second-order valence-corrected chi connectivity index (χ2v) is 6.19. The van der Waals surface area contributed by atoms with E-state index in [1.54, 1.807) is 18.2 Å². The minimum Gasteiger partial charge on any atom is -0.325 e. The molecular weight excluding hydrogens is 393 g/mol. The standard InChI is InChI=1S/C14H10Br2ClNO/c15-10-3-1-2-9(6-10)7-14(19)18-13-5-4-11(17)8-12(13)16/h1-6,8H,7H2,(H,18,19). The first kappa shape index (κ1) is 14.6. The van der Waals surface area contributed by atoms with Crippen LogP contribution in [-0.2, 0) is 11.2 Å². The largest absolute Gasteiger partial charge is 0.325 e. The summed E-state index contributed by atoms with van der Waals surface area (Å²) in [6, 6.07) is 12.9. The van der Waals surface area contributed by atoms with Crippen molar-refractivity contribution in [3.63, 3.8) is 0 Å². The van der Waals surface area contributed by atoms with Crippen LogP contribution in [0, 0.1) is 0 Å². The second-order valence-electron chi connectivity index (χ2n) is 3.98. The maximum Gasteiger partial charge on any atom is 0.228 e. The zero-order valence-electron chi connectivity index (χ0n) is 9.79. The van der Waals surface area contributed by atoms with Gasteiger partial charge in [0.1, 0.15) is 0 Å². The van der Waals surface area contributed by atoms with Crippen LogP contribution < -0.4 is 5.32 Å². The highest BCUT2D eigenvalue weighted by Gasteiger charge is 2.07. The molecule has 0 atom stereocenters. The molecule has 0 aliphatic rings. The summed E-state index contributed by atoms with van der Waals surface area (Å²) in [6.45, 7) is 0. The monoisotopic (exact) mass is 401 g/mol. The van der Waals surface area contributed by atoms with Crippen molar-refractivity contribution >= 4 is 55.1 Å². The first-order valence-electron chi connectivity index (χ1n) is 5.54. The van der Waals surface area contributed by atoms with Crippen molar-refractivity contribution in [3.8, 4) is 0 Å². The Morgan fingerprint density at radius 2 is 1.95 bits per heavy atom. The van der Waals surface area contributed by atoms with Crippen LogP contribution in [0.5, 0.6) is 0 Å². The van der Waals surface area contributed by atoms with E-state index in [1.165, 1.54) is 0 Å². The fourth-order valence-electron chi connectivity index (χ4n) is 1.62. The maximum absolute atomic E-state index is 12.0. The molecule has 19 heavy (non-hydrogen) atoms. The number of benzene rings is 2. The number of amides is 1. The Morgan fingerprint density at radius 1 is 1.16 bits per heavy atom. The summed E-state index contributed by atoms with van der Waals surface area (Å²) < 4.78 is 1.73. The molecule has 5 heteroatoms. The van der Waals surface area contributed by atoms with Gasteiger partial charge in [-0.05, 0) is 51.8 Å². The van der Waals surface area contributed by atoms with Gasteiger partial charge in [-0.2, -0.15) is 0 Å². The van der Waals surface area contributed by atoms with E-state index in [2.05, 4.69) is 37.2 Å². The van der Waals surface area contributed by atoms with Gasteiger partial charge in [0.25, 0.3) is 0 Å². The molecule has 0 bridgehead atoms. The topological polar surface area (TPSA) is 29.1 Å². The minimum absolute atomic E-state index is 0.0684. The molecule has 0 saturated heterocycles. The molecule has 98 valence electrons.